The molecular formula is C19H19N3O5. The van der Waals surface area contributed by atoms with E-state index in [-0.39, 0.29) is 5.78 Å². The van der Waals surface area contributed by atoms with Gasteiger partial charge >= 0.3 is 5.69 Å². The largest absolute Gasteiger partial charge is 0.497 e. The lowest BCUT2D eigenvalue weighted by Gasteiger charge is -2.33. The summed E-state index contributed by atoms with van der Waals surface area (Å²) in [6.07, 6.45) is 1.82. The van der Waals surface area contributed by atoms with Crippen molar-refractivity contribution in [3.05, 3.63) is 61.4 Å². The van der Waals surface area contributed by atoms with E-state index in [0.29, 0.717) is 46.9 Å². The second kappa shape index (κ2) is 6.46. The first-order valence-electron chi connectivity index (χ1n) is 8.65. The number of hydrogen-bond acceptors (Lipinski definition) is 6. The van der Waals surface area contributed by atoms with Crippen LogP contribution in [0.4, 0.5) is 5.82 Å². The number of aromatic amines is 2. The van der Waals surface area contributed by atoms with Crippen molar-refractivity contribution in [3.63, 3.8) is 0 Å². The molecule has 1 atom stereocenters. The summed E-state index contributed by atoms with van der Waals surface area (Å²) in [5, 5.41) is 3.09. The molecule has 0 amide bonds. The standard InChI is InChI=1S/C19H19N3O5/c1-26-9-6-7-10(13(8-9)27-2)14-15-11(4-3-5-12(15)23)20-17-16(14)18(24)22-19(25)21-17/h6-8,14H,3-5H2,1-2H3,(H3,20,21,22,24,25). The molecule has 8 heteroatoms. The van der Waals surface area contributed by atoms with Gasteiger partial charge in [-0.25, -0.2) is 4.79 Å². The van der Waals surface area contributed by atoms with Gasteiger partial charge in [0.15, 0.2) is 5.78 Å². The SMILES string of the molecule is COc1ccc(C2C3=C(CCCC3=O)Nc3[nH]c(=O)[nH]c(=O)c32)c(OC)c1. The van der Waals surface area contributed by atoms with Crippen molar-refractivity contribution in [3.8, 4) is 11.5 Å². The van der Waals surface area contributed by atoms with E-state index in [0.717, 1.165) is 12.1 Å². The molecule has 2 aliphatic rings. The number of methoxy groups -OCH3 is 2. The molecule has 0 bridgehead atoms. The van der Waals surface area contributed by atoms with Crippen LogP contribution in [0.2, 0.25) is 0 Å². The predicted octanol–water partition coefficient (Wildman–Crippen LogP) is 1.64. The second-order valence-corrected chi connectivity index (χ2v) is 6.53. The zero-order valence-corrected chi connectivity index (χ0v) is 15.0. The Labute approximate surface area is 154 Å². The Bertz CT molecular complexity index is 1080. The van der Waals surface area contributed by atoms with Crippen LogP contribution in [0.25, 0.3) is 0 Å². The van der Waals surface area contributed by atoms with Crippen LogP contribution in [0.15, 0.2) is 39.1 Å². The van der Waals surface area contributed by atoms with Crippen LogP contribution in [0, 0.1) is 0 Å². The van der Waals surface area contributed by atoms with Crippen LogP contribution in [-0.4, -0.2) is 30.0 Å². The Morgan fingerprint density at radius 3 is 2.59 bits per heavy atom. The van der Waals surface area contributed by atoms with Crippen LogP contribution in [-0.2, 0) is 4.79 Å². The van der Waals surface area contributed by atoms with Gasteiger partial charge in [0, 0.05) is 29.3 Å². The fraction of sp³-hybridized carbons (Fsp3) is 0.316. The number of Topliss-reactive ketones (excluding diaryl/α,β-unsaturated/α-hetero) is 1. The maximum absolute atomic E-state index is 12.8. The van der Waals surface area contributed by atoms with Crippen LogP contribution >= 0.6 is 0 Å². The summed E-state index contributed by atoms with van der Waals surface area (Å²) in [6, 6.07) is 5.26. The van der Waals surface area contributed by atoms with Crippen LogP contribution in [0.5, 0.6) is 11.5 Å². The van der Waals surface area contributed by atoms with Gasteiger partial charge in [-0.05, 0) is 18.9 Å². The smallest absolute Gasteiger partial charge is 0.327 e. The van der Waals surface area contributed by atoms with Gasteiger partial charge in [-0.15, -0.1) is 0 Å². The molecule has 27 heavy (non-hydrogen) atoms. The molecule has 0 spiro atoms. The fourth-order valence-electron chi connectivity index (χ4n) is 3.86. The molecule has 3 N–H and O–H groups in total. The van der Waals surface area contributed by atoms with E-state index in [4.69, 9.17) is 9.47 Å². The Morgan fingerprint density at radius 2 is 1.85 bits per heavy atom. The van der Waals surface area contributed by atoms with Crippen molar-refractivity contribution in [1.29, 1.82) is 0 Å². The Hall–Kier alpha value is -3.29. The van der Waals surface area contributed by atoms with E-state index >= 15 is 0 Å². The van der Waals surface area contributed by atoms with Gasteiger partial charge in [0.2, 0.25) is 0 Å². The number of aromatic nitrogens is 2. The number of nitrogens with one attached hydrogen (secondary N) is 3. The molecule has 1 aromatic heterocycles. The van der Waals surface area contributed by atoms with E-state index in [1.165, 1.54) is 7.11 Å². The highest BCUT2D eigenvalue weighted by Crippen LogP contribution is 2.46. The quantitative estimate of drug-likeness (QED) is 0.758. The lowest BCUT2D eigenvalue weighted by Crippen LogP contribution is -2.36. The maximum Gasteiger partial charge on any atom is 0.327 e. The number of ether oxygens (including phenoxy) is 2. The highest BCUT2D eigenvalue weighted by molar-refractivity contribution is 6.01. The van der Waals surface area contributed by atoms with E-state index in [1.54, 1.807) is 25.3 Å². The van der Waals surface area contributed by atoms with Gasteiger partial charge in [-0.2, -0.15) is 0 Å². The Kier molecular flexibility index (Phi) is 4.10. The Balaban J connectivity index is 2.02. The minimum Gasteiger partial charge on any atom is -0.497 e. The minimum atomic E-state index is -0.634. The topological polar surface area (TPSA) is 113 Å². The third-order valence-corrected chi connectivity index (χ3v) is 5.04. The molecule has 2 heterocycles. The average molecular weight is 369 g/mol. The normalized spacial score (nSPS) is 18.4. The van der Waals surface area contributed by atoms with Crippen LogP contribution < -0.4 is 26.0 Å². The number of carbonyl (C=O) groups excluding carboxylic acids is 1. The summed E-state index contributed by atoms with van der Waals surface area (Å²) in [5.74, 6) is 0.779. The van der Waals surface area contributed by atoms with Gasteiger partial charge in [0.25, 0.3) is 5.56 Å². The molecule has 1 aliphatic heterocycles. The van der Waals surface area contributed by atoms with Crippen molar-refractivity contribution < 1.29 is 14.3 Å². The van der Waals surface area contributed by atoms with Gasteiger partial charge < -0.3 is 14.8 Å². The summed E-state index contributed by atoms with van der Waals surface area (Å²) in [7, 11) is 3.07. The fourth-order valence-corrected chi connectivity index (χ4v) is 3.86. The molecule has 1 aromatic carbocycles. The molecule has 1 aliphatic carbocycles. The van der Waals surface area contributed by atoms with Gasteiger partial charge in [0.05, 0.1) is 25.7 Å². The number of rotatable bonds is 3. The predicted molar refractivity (Wildman–Crippen MR) is 98.6 cm³/mol. The third-order valence-electron chi connectivity index (χ3n) is 5.04. The first-order chi connectivity index (χ1) is 13.0. The molecule has 2 aromatic rings. The highest BCUT2D eigenvalue weighted by atomic mass is 16.5. The zero-order chi connectivity index (χ0) is 19.1. The summed E-state index contributed by atoms with van der Waals surface area (Å²) < 4.78 is 10.8. The number of carbonyl (C=O) groups is 1. The molecule has 1 unspecified atom stereocenters. The highest BCUT2D eigenvalue weighted by Gasteiger charge is 2.38. The summed E-state index contributed by atoms with van der Waals surface area (Å²) in [4.78, 5) is 42.1. The Morgan fingerprint density at radius 1 is 1.04 bits per heavy atom. The van der Waals surface area contributed by atoms with Crippen LogP contribution in [0.3, 0.4) is 0 Å². The van der Waals surface area contributed by atoms with E-state index in [1.807, 2.05) is 0 Å². The van der Waals surface area contributed by atoms with Crippen molar-refractivity contribution in [2.75, 3.05) is 19.5 Å². The zero-order valence-electron chi connectivity index (χ0n) is 15.0. The molecule has 0 saturated carbocycles. The van der Waals surface area contributed by atoms with Crippen LogP contribution in [0.1, 0.15) is 36.3 Å². The molecule has 8 nitrogen and oxygen atoms in total. The number of anilines is 1. The number of H-pyrrole nitrogens is 2. The summed E-state index contributed by atoms with van der Waals surface area (Å²) in [5.41, 5.74) is 1.12. The van der Waals surface area contributed by atoms with E-state index in [2.05, 4.69) is 15.3 Å². The second-order valence-electron chi connectivity index (χ2n) is 6.53. The summed E-state index contributed by atoms with van der Waals surface area (Å²) in [6.45, 7) is 0. The molecule has 0 radical (unpaired) electrons. The summed E-state index contributed by atoms with van der Waals surface area (Å²) >= 11 is 0. The number of allylic oxidation sites excluding steroid dienone is 2. The molecule has 4 rings (SSSR count). The van der Waals surface area contributed by atoms with Gasteiger partial charge in [-0.3, -0.25) is 19.6 Å². The molecule has 140 valence electrons. The van der Waals surface area contributed by atoms with Crippen molar-refractivity contribution >= 4 is 11.6 Å². The average Bonchev–Trinajstić information content (AvgIpc) is 2.66. The van der Waals surface area contributed by atoms with Crippen molar-refractivity contribution in [2.24, 2.45) is 0 Å². The number of hydrogen-bond donors (Lipinski definition) is 3. The number of benzene rings is 1. The van der Waals surface area contributed by atoms with Gasteiger partial charge in [0.1, 0.15) is 17.3 Å². The minimum absolute atomic E-state index is 0.0112. The van der Waals surface area contributed by atoms with Crippen molar-refractivity contribution in [2.45, 2.75) is 25.2 Å². The van der Waals surface area contributed by atoms with Crippen molar-refractivity contribution in [1.82, 2.24) is 9.97 Å². The van der Waals surface area contributed by atoms with E-state index in [9.17, 15) is 14.4 Å². The molecular weight excluding hydrogens is 350 g/mol. The maximum atomic E-state index is 12.8. The van der Waals surface area contributed by atoms with E-state index < -0.39 is 17.2 Å². The monoisotopic (exact) mass is 369 g/mol. The molecule has 0 saturated heterocycles. The number of fused-ring (bicyclic) bond motifs is 1. The lowest BCUT2D eigenvalue weighted by atomic mass is 9.76. The first-order valence-corrected chi connectivity index (χ1v) is 8.65. The van der Waals surface area contributed by atoms with Gasteiger partial charge in [-0.1, -0.05) is 6.07 Å². The third kappa shape index (κ3) is 2.73. The first kappa shape index (κ1) is 17.1. The molecule has 0 fully saturated rings. The lowest BCUT2D eigenvalue weighted by molar-refractivity contribution is -0.116. The number of ketones is 1.